The SMILES string of the molecule is Cc1nc(-c2cc(Cl)cnc2Nc2cccc3[nH]ncc23)c2[nH]c[nH+]c2n1. The Morgan fingerprint density at radius 2 is 2.11 bits per heavy atom. The number of H-pyrrole nitrogens is 3. The van der Waals surface area contributed by atoms with E-state index in [-0.39, 0.29) is 0 Å². The maximum absolute atomic E-state index is 6.25. The van der Waals surface area contributed by atoms with Gasteiger partial charge < -0.3 is 5.32 Å². The molecule has 5 rings (SSSR count). The maximum atomic E-state index is 6.25. The number of anilines is 2. The van der Waals surface area contributed by atoms with Crippen LogP contribution in [0.5, 0.6) is 0 Å². The van der Waals surface area contributed by atoms with Crippen LogP contribution in [-0.2, 0) is 0 Å². The van der Waals surface area contributed by atoms with Crippen molar-refractivity contribution in [2.75, 3.05) is 5.32 Å². The van der Waals surface area contributed by atoms with Crippen LogP contribution < -0.4 is 10.3 Å². The molecule has 27 heavy (non-hydrogen) atoms. The van der Waals surface area contributed by atoms with Crippen molar-refractivity contribution in [3.63, 3.8) is 0 Å². The first kappa shape index (κ1) is 15.7. The topological polar surface area (TPSA) is 109 Å². The second kappa shape index (κ2) is 6.03. The molecule has 4 aromatic heterocycles. The molecule has 0 unspecified atom stereocenters. The number of nitrogens with one attached hydrogen (secondary N) is 4. The van der Waals surface area contributed by atoms with Crippen molar-refractivity contribution in [3.05, 3.63) is 53.8 Å². The monoisotopic (exact) mass is 377 g/mol. The zero-order valence-electron chi connectivity index (χ0n) is 14.2. The molecule has 0 amide bonds. The molecule has 8 nitrogen and oxygen atoms in total. The minimum Gasteiger partial charge on any atom is -0.339 e. The minimum absolute atomic E-state index is 0.525. The van der Waals surface area contributed by atoms with Gasteiger partial charge in [0.05, 0.1) is 22.4 Å². The normalized spacial score (nSPS) is 11.3. The number of fused-ring (bicyclic) bond motifs is 2. The number of hydrogen-bond acceptors (Lipinski definition) is 5. The first-order valence-corrected chi connectivity index (χ1v) is 8.65. The quantitative estimate of drug-likeness (QED) is 0.446. The summed E-state index contributed by atoms with van der Waals surface area (Å²) in [6.07, 6.45) is 5.11. The number of halogens is 1. The fourth-order valence-corrected chi connectivity index (χ4v) is 3.27. The average Bonchev–Trinajstić information content (AvgIpc) is 3.31. The summed E-state index contributed by atoms with van der Waals surface area (Å²) in [5.41, 5.74) is 4.83. The maximum Gasteiger partial charge on any atom is 0.303 e. The first-order chi connectivity index (χ1) is 13.2. The number of hydrogen-bond donors (Lipinski definition) is 3. The van der Waals surface area contributed by atoms with Crippen molar-refractivity contribution >= 4 is 45.2 Å². The van der Waals surface area contributed by atoms with Gasteiger partial charge in [-0.25, -0.2) is 15.0 Å². The van der Waals surface area contributed by atoms with E-state index in [0.717, 1.165) is 39.0 Å². The summed E-state index contributed by atoms with van der Waals surface area (Å²) in [7, 11) is 0. The molecular weight excluding hydrogens is 364 g/mol. The summed E-state index contributed by atoms with van der Waals surface area (Å²) < 4.78 is 0. The van der Waals surface area contributed by atoms with E-state index in [9.17, 15) is 0 Å². The number of rotatable bonds is 3. The fourth-order valence-electron chi connectivity index (χ4n) is 3.11. The van der Waals surface area contributed by atoms with Gasteiger partial charge in [0.1, 0.15) is 11.5 Å². The highest BCUT2D eigenvalue weighted by atomic mass is 35.5. The summed E-state index contributed by atoms with van der Waals surface area (Å²) in [5, 5.41) is 12.0. The molecule has 0 aliphatic carbocycles. The molecule has 0 saturated heterocycles. The van der Waals surface area contributed by atoms with Gasteiger partial charge in [-0.15, -0.1) is 0 Å². The van der Waals surface area contributed by atoms with Gasteiger partial charge in [-0.05, 0) is 18.2 Å². The molecule has 0 bridgehead atoms. The van der Waals surface area contributed by atoms with Crippen LogP contribution in [0.4, 0.5) is 11.5 Å². The van der Waals surface area contributed by atoms with E-state index < -0.39 is 0 Å². The van der Waals surface area contributed by atoms with Gasteiger partial charge in [-0.1, -0.05) is 22.7 Å². The molecule has 0 aliphatic rings. The van der Waals surface area contributed by atoms with E-state index >= 15 is 0 Å². The minimum atomic E-state index is 0.525. The summed E-state index contributed by atoms with van der Waals surface area (Å²) in [4.78, 5) is 19.8. The summed E-state index contributed by atoms with van der Waals surface area (Å²) >= 11 is 6.25. The predicted molar refractivity (Wildman–Crippen MR) is 103 cm³/mol. The molecule has 1 aromatic carbocycles. The second-order valence-corrected chi connectivity index (χ2v) is 6.52. The van der Waals surface area contributed by atoms with E-state index in [1.54, 1.807) is 18.7 Å². The van der Waals surface area contributed by atoms with Crippen LogP contribution in [0.1, 0.15) is 5.82 Å². The average molecular weight is 378 g/mol. The van der Waals surface area contributed by atoms with Crippen LogP contribution in [-0.4, -0.2) is 30.1 Å². The highest BCUT2D eigenvalue weighted by molar-refractivity contribution is 6.30. The van der Waals surface area contributed by atoms with Crippen molar-refractivity contribution in [2.45, 2.75) is 6.92 Å². The highest BCUT2D eigenvalue weighted by Gasteiger charge is 2.20. The fraction of sp³-hybridized carbons (Fsp3) is 0.0556. The van der Waals surface area contributed by atoms with Crippen LogP contribution in [0.2, 0.25) is 5.02 Å². The number of pyridine rings is 1. The van der Waals surface area contributed by atoms with Crippen LogP contribution in [0.3, 0.4) is 0 Å². The predicted octanol–water partition coefficient (Wildman–Crippen LogP) is 3.42. The van der Waals surface area contributed by atoms with Gasteiger partial charge in [0.25, 0.3) is 0 Å². The van der Waals surface area contributed by atoms with Crippen molar-refractivity contribution in [1.82, 2.24) is 30.1 Å². The third-order valence-corrected chi connectivity index (χ3v) is 4.50. The molecule has 0 spiro atoms. The Balaban J connectivity index is 1.71. The molecule has 0 radical (unpaired) electrons. The number of nitrogens with zero attached hydrogens (tertiary/aromatic N) is 4. The molecule has 0 fully saturated rings. The second-order valence-electron chi connectivity index (χ2n) is 6.09. The van der Waals surface area contributed by atoms with E-state index in [1.165, 1.54) is 0 Å². The number of aromatic nitrogens is 7. The molecule has 4 heterocycles. The molecule has 0 aliphatic heterocycles. The van der Waals surface area contributed by atoms with E-state index in [0.29, 0.717) is 16.7 Å². The molecular formula is C18H14ClN8+. The lowest BCUT2D eigenvalue weighted by Gasteiger charge is -2.12. The number of benzene rings is 1. The van der Waals surface area contributed by atoms with E-state index in [1.807, 2.05) is 31.2 Å². The van der Waals surface area contributed by atoms with Crippen LogP contribution in [0.25, 0.3) is 33.3 Å². The van der Waals surface area contributed by atoms with Crippen LogP contribution >= 0.6 is 11.6 Å². The van der Waals surface area contributed by atoms with Crippen LogP contribution in [0.15, 0.2) is 43.0 Å². The van der Waals surface area contributed by atoms with Crippen LogP contribution in [0, 0.1) is 6.92 Å². The van der Waals surface area contributed by atoms with E-state index in [4.69, 9.17) is 11.6 Å². The van der Waals surface area contributed by atoms with Gasteiger partial charge in [0.15, 0.2) is 11.8 Å². The standard InChI is InChI=1S/C18H13ClN8/c1-9-24-15(16-18(25-9)22-8-21-16)11-5-10(19)6-20-17(11)26-13-3-2-4-14-12(13)7-23-27-14/h2-8H,1H3,(H,20,26)(H,23,27)(H,21,22,24,25)/p+1. The Labute approximate surface area is 158 Å². The molecule has 0 atom stereocenters. The van der Waals surface area contributed by atoms with Gasteiger partial charge >= 0.3 is 5.65 Å². The van der Waals surface area contributed by atoms with Gasteiger partial charge in [-0.3, -0.25) is 10.1 Å². The summed E-state index contributed by atoms with van der Waals surface area (Å²) in [5.74, 6) is 1.29. The largest absolute Gasteiger partial charge is 0.339 e. The number of imidazole rings is 1. The van der Waals surface area contributed by atoms with Crippen molar-refractivity contribution < 1.29 is 4.98 Å². The lowest BCUT2D eigenvalue weighted by molar-refractivity contribution is -0.347. The van der Waals surface area contributed by atoms with Gasteiger partial charge in [0, 0.05) is 24.1 Å². The number of aryl methyl sites for hydroxylation is 1. The molecule has 5 aromatic rings. The summed E-state index contributed by atoms with van der Waals surface area (Å²) in [6, 6.07) is 7.73. The highest BCUT2D eigenvalue weighted by Crippen LogP contribution is 2.34. The van der Waals surface area contributed by atoms with Gasteiger partial charge in [0.2, 0.25) is 5.82 Å². The Morgan fingerprint density at radius 1 is 1.19 bits per heavy atom. The smallest absolute Gasteiger partial charge is 0.303 e. The summed E-state index contributed by atoms with van der Waals surface area (Å²) in [6.45, 7) is 1.85. The Kier molecular flexibility index (Phi) is 3.51. The molecule has 132 valence electrons. The van der Waals surface area contributed by atoms with Crippen molar-refractivity contribution in [1.29, 1.82) is 0 Å². The zero-order chi connectivity index (χ0) is 18.4. The Morgan fingerprint density at radius 3 is 3.04 bits per heavy atom. The molecule has 4 N–H and O–H groups in total. The third-order valence-electron chi connectivity index (χ3n) is 4.29. The Hall–Kier alpha value is -3.52. The van der Waals surface area contributed by atoms with Crippen molar-refractivity contribution in [3.8, 4) is 11.3 Å². The molecule has 0 saturated carbocycles. The first-order valence-electron chi connectivity index (χ1n) is 8.27. The molecule has 9 heteroatoms. The van der Waals surface area contributed by atoms with E-state index in [2.05, 4.69) is 40.4 Å². The van der Waals surface area contributed by atoms with Crippen molar-refractivity contribution in [2.24, 2.45) is 0 Å². The Bertz CT molecular complexity index is 1290. The zero-order valence-corrected chi connectivity index (χ0v) is 15.0. The lowest BCUT2D eigenvalue weighted by Crippen LogP contribution is -2.03. The third kappa shape index (κ3) is 2.67. The lowest BCUT2D eigenvalue weighted by atomic mass is 10.1. The van der Waals surface area contributed by atoms with Gasteiger partial charge in [-0.2, -0.15) is 5.10 Å². The number of aromatic amines is 3.